The molecule has 0 aliphatic heterocycles. The molecule has 3 N–H and O–H groups in total. The SMILES string of the molecule is NC(Cl)(c1c(CC(=O)O)ccc2c1CCC2)S(=O)(=O)c1ccccc1. The number of carboxylic acid groups (broad SMARTS) is 1. The number of hydrogen-bond donors (Lipinski definition) is 2. The van der Waals surface area contributed by atoms with Gasteiger partial charge in [0.2, 0.25) is 14.2 Å². The first-order valence-corrected chi connectivity index (χ1v) is 9.74. The molecule has 1 atom stereocenters. The lowest BCUT2D eigenvalue weighted by molar-refractivity contribution is -0.136. The molecular formula is C18H18ClNO4S. The maximum absolute atomic E-state index is 13.1. The number of halogens is 1. The average Bonchev–Trinajstić information content (AvgIpc) is 3.02. The molecule has 5 nitrogen and oxygen atoms in total. The summed E-state index contributed by atoms with van der Waals surface area (Å²) in [6.07, 6.45) is 1.96. The average molecular weight is 380 g/mol. The van der Waals surface area contributed by atoms with Crippen molar-refractivity contribution in [2.75, 3.05) is 0 Å². The zero-order valence-electron chi connectivity index (χ0n) is 13.4. The number of alkyl halides is 1. The Bertz CT molecular complexity index is 924. The van der Waals surface area contributed by atoms with Crippen LogP contribution in [0.25, 0.3) is 0 Å². The predicted molar refractivity (Wildman–Crippen MR) is 95.2 cm³/mol. The molecule has 0 bridgehead atoms. The highest BCUT2D eigenvalue weighted by molar-refractivity contribution is 7.93. The van der Waals surface area contributed by atoms with Crippen molar-refractivity contribution in [1.29, 1.82) is 0 Å². The Morgan fingerprint density at radius 1 is 1.16 bits per heavy atom. The van der Waals surface area contributed by atoms with Gasteiger partial charge in [-0.1, -0.05) is 41.9 Å². The van der Waals surface area contributed by atoms with Gasteiger partial charge in [0.05, 0.1) is 11.3 Å². The topological polar surface area (TPSA) is 97.5 Å². The highest BCUT2D eigenvalue weighted by atomic mass is 35.5. The smallest absolute Gasteiger partial charge is 0.307 e. The van der Waals surface area contributed by atoms with Gasteiger partial charge in [0, 0.05) is 5.56 Å². The van der Waals surface area contributed by atoms with E-state index in [0.717, 1.165) is 24.0 Å². The Balaban J connectivity index is 2.23. The Morgan fingerprint density at radius 2 is 1.84 bits per heavy atom. The fourth-order valence-electron chi connectivity index (χ4n) is 3.36. The number of aryl methyl sites for hydroxylation is 1. The van der Waals surface area contributed by atoms with E-state index in [0.29, 0.717) is 12.0 Å². The standard InChI is InChI=1S/C18H18ClNO4S/c19-18(20,25(23,24)14-6-2-1-3-7-14)17-13(11-16(21)22)10-9-12-5-4-8-15(12)17/h1-3,6-7,9-10H,4-5,8,11,20H2,(H,21,22). The lowest BCUT2D eigenvalue weighted by Gasteiger charge is -2.28. The second kappa shape index (κ2) is 6.44. The number of nitrogens with two attached hydrogens (primary N) is 1. The fourth-order valence-corrected chi connectivity index (χ4v) is 5.24. The van der Waals surface area contributed by atoms with Crippen molar-refractivity contribution in [2.24, 2.45) is 5.73 Å². The van der Waals surface area contributed by atoms with Gasteiger partial charge >= 0.3 is 5.97 Å². The van der Waals surface area contributed by atoms with E-state index >= 15 is 0 Å². The van der Waals surface area contributed by atoms with E-state index in [1.54, 1.807) is 24.3 Å². The minimum Gasteiger partial charge on any atom is -0.481 e. The van der Waals surface area contributed by atoms with E-state index in [1.807, 2.05) is 6.07 Å². The molecule has 0 amide bonds. The largest absolute Gasteiger partial charge is 0.481 e. The molecule has 2 aromatic rings. The number of hydrogen-bond acceptors (Lipinski definition) is 4. The first-order valence-electron chi connectivity index (χ1n) is 7.88. The van der Waals surface area contributed by atoms with Crippen molar-refractivity contribution in [3.8, 4) is 0 Å². The van der Waals surface area contributed by atoms with Crippen molar-refractivity contribution in [3.63, 3.8) is 0 Å². The van der Waals surface area contributed by atoms with E-state index in [4.69, 9.17) is 17.3 Å². The van der Waals surface area contributed by atoms with Crippen molar-refractivity contribution in [1.82, 2.24) is 0 Å². The van der Waals surface area contributed by atoms with Gasteiger partial charge in [-0.25, -0.2) is 8.42 Å². The van der Waals surface area contributed by atoms with Gasteiger partial charge in [-0.3, -0.25) is 10.5 Å². The molecule has 25 heavy (non-hydrogen) atoms. The van der Waals surface area contributed by atoms with Crippen LogP contribution in [0, 0.1) is 0 Å². The van der Waals surface area contributed by atoms with Gasteiger partial charge in [0.25, 0.3) is 0 Å². The van der Waals surface area contributed by atoms with Gasteiger partial charge in [-0.2, -0.15) is 0 Å². The van der Waals surface area contributed by atoms with Gasteiger partial charge in [-0.05, 0) is 48.1 Å². The van der Waals surface area contributed by atoms with Crippen LogP contribution in [0.1, 0.15) is 28.7 Å². The minimum absolute atomic E-state index is 0.00405. The second-order valence-electron chi connectivity index (χ2n) is 6.12. The van der Waals surface area contributed by atoms with Crippen molar-refractivity contribution in [3.05, 3.63) is 64.7 Å². The van der Waals surface area contributed by atoms with Crippen molar-refractivity contribution < 1.29 is 18.3 Å². The van der Waals surface area contributed by atoms with Crippen LogP contribution >= 0.6 is 11.6 Å². The number of benzene rings is 2. The Hall–Kier alpha value is -1.89. The van der Waals surface area contributed by atoms with Crippen LogP contribution in [-0.2, 0) is 38.2 Å². The molecule has 0 spiro atoms. The first-order chi connectivity index (χ1) is 11.7. The molecule has 0 aromatic heterocycles. The van der Waals surface area contributed by atoms with Crippen LogP contribution in [0.4, 0.5) is 0 Å². The molecule has 0 saturated heterocycles. The summed E-state index contributed by atoms with van der Waals surface area (Å²) >= 11 is 6.46. The van der Waals surface area contributed by atoms with Crippen LogP contribution in [-0.4, -0.2) is 19.5 Å². The molecule has 0 fully saturated rings. The van der Waals surface area contributed by atoms with Crippen LogP contribution < -0.4 is 5.73 Å². The molecule has 132 valence electrons. The van der Waals surface area contributed by atoms with Crippen LogP contribution in [0.5, 0.6) is 0 Å². The lowest BCUT2D eigenvalue weighted by Crippen LogP contribution is -2.41. The molecule has 2 aromatic carbocycles. The van der Waals surface area contributed by atoms with Gasteiger partial charge in [0.1, 0.15) is 0 Å². The summed E-state index contributed by atoms with van der Waals surface area (Å²) in [6.45, 7) is 0. The lowest BCUT2D eigenvalue weighted by atomic mass is 9.95. The Morgan fingerprint density at radius 3 is 2.48 bits per heavy atom. The first kappa shape index (κ1) is 17.9. The number of carbonyl (C=O) groups is 1. The van der Waals surface area contributed by atoms with Crippen LogP contribution in [0.15, 0.2) is 47.4 Å². The Kier molecular flexibility index (Phi) is 4.62. The molecule has 1 aliphatic rings. The summed E-state index contributed by atoms with van der Waals surface area (Å²) in [6, 6.07) is 11.2. The second-order valence-corrected chi connectivity index (χ2v) is 9.07. The summed E-state index contributed by atoms with van der Waals surface area (Å²) in [5.74, 6) is -1.07. The maximum Gasteiger partial charge on any atom is 0.307 e. The van der Waals surface area contributed by atoms with Crippen LogP contribution in [0.2, 0.25) is 0 Å². The third-order valence-corrected chi connectivity index (χ3v) is 7.17. The summed E-state index contributed by atoms with van der Waals surface area (Å²) in [7, 11) is -4.12. The number of sulfone groups is 1. The summed E-state index contributed by atoms with van der Waals surface area (Å²) < 4.78 is 23.9. The monoisotopic (exact) mass is 379 g/mol. The zero-order valence-corrected chi connectivity index (χ0v) is 15.0. The number of rotatable bonds is 5. The highest BCUT2D eigenvalue weighted by Crippen LogP contribution is 2.42. The maximum atomic E-state index is 13.1. The molecule has 0 heterocycles. The van der Waals surface area contributed by atoms with E-state index in [9.17, 15) is 18.3 Å². The van der Waals surface area contributed by atoms with E-state index in [-0.39, 0.29) is 16.9 Å². The highest BCUT2D eigenvalue weighted by Gasteiger charge is 2.45. The normalized spacial score (nSPS) is 16.2. The van der Waals surface area contributed by atoms with Crippen LogP contribution in [0.3, 0.4) is 0 Å². The predicted octanol–water partition coefficient (Wildman–Crippen LogP) is 2.58. The molecule has 1 aliphatic carbocycles. The quantitative estimate of drug-likeness (QED) is 0.614. The van der Waals surface area contributed by atoms with Gasteiger partial charge in [-0.15, -0.1) is 0 Å². The third-order valence-electron chi connectivity index (χ3n) is 4.50. The third kappa shape index (κ3) is 3.05. The number of carboxylic acids is 1. The summed E-state index contributed by atoms with van der Waals surface area (Å²) in [5, 5.41) is 9.19. The molecule has 0 radical (unpaired) electrons. The van der Waals surface area contributed by atoms with Gasteiger partial charge < -0.3 is 5.11 Å². The molecular weight excluding hydrogens is 362 g/mol. The zero-order chi connectivity index (χ0) is 18.2. The van der Waals surface area contributed by atoms with Crippen molar-refractivity contribution >= 4 is 27.4 Å². The van der Waals surface area contributed by atoms with Crippen molar-refractivity contribution in [2.45, 2.75) is 34.9 Å². The van der Waals surface area contributed by atoms with E-state index < -0.39 is 20.1 Å². The summed E-state index contributed by atoms with van der Waals surface area (Å²) in [4.78, 5) is 11.2. The minimum atomic E-state index is -4.12. The molecule has 3 rings (SSSR count). The molecule has 0 saturated carbocycles. The molecule has 1 unspecified atom stereocenters. The number of aliphatic carboxylic acids is 1. The summed E-state index contributed by atoms with van der Waals surface area (Å²) in [5.41, 5.74) is 8.47. The van der Waals surface area contributed by atoms with E-state index in [1.165, 1.54) is 12.1 Å². The fraction of sp³-hybridized carbons (Fsp3) is 0.278. The Labute approximate surface area is 151 Å². The molecule has 7 heteroatoms. The number of fused-ring (bicyclic) bond motifs is 1. The van der Waals surface area contributed by atoms with E-state index in [2.05, 4.69) is 0 Å². The van der Waals surface area contributed by atoms with Gasteiger partial charge in [0.15, 0.2) is 0 Å².